The average molecular weight is 360 g/mol. The first-order chi connectivity index (χ1) is 13.1. The Kier molecular flexibility index (Phi) is 5.89. The molecule has 2 N–H and O–H groups in total. The number of fused-ring (bicyclic) bond motifs is 1. The van der Waals surface area contributed by atoms with E-state index in [1.165, 1.54) is 0 Å². The van der Waals surface area contributed by atoms with Crippen LogP contribution in [0.5, 0.6) is 0 Å². The third-order valence-electron chi connectivity index (χ3n) is 3.96. The summed E-state index contributed by atoms with van der Waals surface area (Å²) in [5.41, 5.74) is 4.60. The van der Waals surface area contributed by atoms with Crippen LogP contribution in [0.15, 0.2) is 72.1 Å². The topological polar surface area (TPSA) is 83.4 Å². The van der Waals surface area contributed by atoms with Gasteiger partial charge in [-0.25, -0.2) is 5.43 Å². The summed E-state index contributed by atoms with van der Waals surface area (Å²) < 4.78 is 0. The first-order valence-electron chi connectivity index (χ1n) is 8.60. The van der Waals surface area contributed by atoms with Crippen molar-refractivity contribution in [1.82, 2.24) is 10.4 Å². The van der Waals surface area contributed by atoms with Gasteiger partial charge in [-0.2, -0.15) is 5.10 Å². The number of rotatable bonds is 6. The molecule has 0 fully saturated rings. The molecule has 0 saturated heterocycles. The molecule has 1 heterocycles. The van der Waals surface area contributed by atoms with Crippen LogP contribution in [0.4, 0.5) is 5.69 Å². The average Bonchev–Trinajstić information content (AvgIpc) is 2.67. The van der Waals surface area contributed by atoms with Crippen molar-refractivity contribution in [3.63, 3.8) is 0 Å². The predicted octanol–water partition coefficient (Wildman–Crippen LogP) is 3.30. The maximum atomic E-state index is 12.2. The van der Waals surface area contributed by atoms with Gasteiger partial charge < -0.3 is 5.32 Å². The van der Waals surface area contributed by atoms with Gasteiger partial charge in [0.1, 0.15) is 0 Å². The molecule has 0 unspecified atom stereocenters. The summed E-state index contributed by atoms with van der Waals surface area (Å²) in [4.78, 5) is 28.1. The molecule has 0 saturated carbocycles. The number of benzene rings is 2. The molecule has 0 aliphatic rings. The van der Waals surface area contributed by atoms with Gasteiger partial charge in [0.05, 0.1) is 24.7 Å². The number of aromatic nitrogens is 1. The summed E-state index contributed by atoms with van der Waals surface area (Å²) in [5, 5.41) is 8.89. The van der Waals surface area contributed by atoms with Crippen LogP contribution in [0.1, 0.15) is 18.9 Å². The number of amides is 2. The Morgan fingerprint density at radius 2 is 1.81 bits per heavy atom. The number of carbonyl (C=O) groups excluding carboxylic acids is 2. The van der Waals surface area contributed by atoms with Crippen molar-refractivity contribution < 1.29 is 9.59 Å². The Hall–Kier alpha value is -3.54. The van der Waals surface area contributed by atoms with Crippen molar-refractivity contribution in [2.45, 2.75) is 19.8 Å². The number of hydrogen-bond acceptors (Lipinski definition) is 4. The molecule has 0 spiro atoms. The van der Waals surface area contributed by atoms with Crippen LogP contribution in [0.3, 0.4) is 0 Å². The lowest BCUT2D eigenvalue weighted by Gasteiger charge is -2.07. The quantitative estimate of drug-likeness (QED) is 0.523. The lowest BCUT2D eigenvalue weighted by molar-refractivity contribution is -0.120. The fraction of sp³-hybridized carbons (Fsp3) is 0.143. The van der Waals surface area contributed by atoms with Crippen LogP contribution >= 0.6 is 0 Å². The fourth-order valence-corrected chi connectivity index (χ4v) is 2.73. The second-order valence-corrected chi connectivity index (χ2v) is 6.16. The van der Waals surface area contributed by atoms with Crippen molar-refractivity contribution in [2.24, 2.45) is 5.10 Å². The highest BCUT2D eigenvalue weighted by molar-refractivity contribution is 6.05. The number of nitrogens with one attached hydrogen (secondary N) is 2. The van der Waals surface area contributed by atoms with Gasteiger partial charge in [0.2, 0.25) is 11.8 Å². The highest BCUT2D eigenvalue weighted by Crippen LogP contribution is 2.18. The normalized spacial score (nSPS) is 11.2. The van der Waals surface area contributed by atoms with Crippen LogP contribution in [0.2, 0.25) is 0 Å². The molecule has 2 aromatic carbocycles. The molecule has 6 nitrogen and oxygen atoms in total. The summed E-state index contributed by atoms with van der Waals surface area (Å²) in [6, 6.07) is 17.3. The Balaban J connectivity index is 1.55. The Labute approximate surface area is 157 Å². The number of carbonyl (C=O) groups is 2. The number of anilines is 1. The van der Waals surface area contributed by atoms with Crippen LogP contribution in [-0.4, -0.2) is 22.5 Å². The van der Waals surface area contributed by atoms with Gasteiger partial charge in [-0.1, -0.05) is 42.5 Å². The van der Waals surface area contributed by atoms with Crippen molar-refractivity contribution in [2.75, 3.05) is 5.32 Å². The minimum Gasteiger partial charge on any atom is -0.324 e. The minimum absolute atomic E-state index is 0.0867. The summed E-state index contributed by atoms with van der Waals surface area (Å²) in [7, 11) is 0. The van der Waals surface area contributed by atoms with E-state index >= 15 is 0 Å². The monoisotopic (exact) mass is 360 g/mol. The third kappa shape index (κ3) is 5.22. The van der Waals surface area contributed by atoms with Gasteiger partial charge in [-0.15, -0.1) is 0 Å². The number of hydrogen-bond donors (Lipinski definition) is 2. The largest absolute Gasteiger partial charge is 0.324 e. The summed E-state index contributed by atoms with van der Waals surface area (Å²) >= 11 is 0. The summed E-state index contributed by atoms with van der Waals surface area (Å²) in [5.74, 6) is -0.439. The predicted molar refractivity (Wildman–Crippen MR) is 106 cm³/mol. The van der Waals surface area contributed by atoms with Crippen LogP contribution in [-0.2, 0) is 16.0 Å². The van der Waals surface area contributed by atoms with Gasteiger partial charge in [0.25, 0.3) is 0 Å². The van der Waals surface area contributed by atoms with Crippen LogP contribution < -0.4 is 10.7 Å². The Morgan fingerprint density at radius 1 is 1.00 bits per heavy atom. The van der Waals surface area contributed by atoms with Gasteiger partial charge in [-0.05, 0) is 35.4 Å². The molecule has 1 aromatic heterocycles. The maximum Gasteiger partial charge on any atom is 0.244 e. The Bertz CT molecular complexity index is 978. The summed E-state index contributed by atoms with van der Waals surface area (Å²) in [6.45, 7) is 1.70. The van der Waals surface area contributed by atoms with E-state index < -0.39 is 0 Å². The van der Waals surface area contributed by atoms with E-state index in [0.29, 0.717) is 11.4 Å². The molecule has 3 aromatic rings. The van der Waals surface area contributed by atoms with E-state index in [4.69, 9.17) is 0 Å². The first-order valence-corrected chi connectivity index (χ1v) is 8.60. The first kappa shape index (κ1) is 18.3. The van der Waals surface area contributed by atoms with Crippen LogP contribution in [0.25, 0.3) is 10.8 Å². The molecular weight excluding hydrogens is 340 g/mol. The zero-order valence-electron chi connectivity index (χ0n) is 15.0. The number of pyridine rings is 1. The van der Waals surface area contributed by atoms with E-state index in [0.717, 1.165) is 16.3 Å². The molecule has 2 amide bonds. The molecular formula is C21H20N4O2. The number of nitrogens with zero attached hydrogens (tertiary/aromatic N) is 2. The molecule has 0 aliphatic carbocycles. The van der Waals surface area contributed by atoms with E-state index in [1.807, 2.05) is 42.5 Å². The Morgan fingerprint density at radius 3 is 2.63 bits per heavy atom. The molecule has 6 heteroatoms. The standard InChI is InChI=1S/C21H20N4O2/c1-15(12-20(26)23-18-9-5-11-22-14-18)24-25-21(27)13-17-8-4-7-16-6-2-3-10-19(16)17/h2-11,14H,12-13H2,1H3,(H,23,26)(H,25,27)/b24-15+. The van der Waals surface area contributed by atoms with Crippen LogP contribution in [0, 0.1) is 0 Å². The van der Waals surface area contributed by atoms with Gasteiger partial charge in [0.15, 0.2) is 0 Å². The maximum absolute atomic E-state index is 12.2. The lowest BCUT2D eigenvalue weighted by atomic mass is 10.0. The molecule has 0 aliphatic heterocycles. The van der Waals surface area contributed by atoms with Gasteiger partial charge in [0, 0.05) is 11.9 Å². The lowest BCUT2D eigenvalue weighted by Crippen LogP contribution is -2.23. The number of hydrazone groups is 1. The van der Waals surface area contributed by atoms with Crippen molar-refractivity contribution in [3.8, 4) is 0 Å². The smallest absolute Gasteiger partial charge is 0.244 e. The minimum atomic E-state index is -0.224. The zero-order chi connectivity index (χ0) is 19.1. The highest BCUT2D eigenvalue weighted by Gasteiger charge is 2.08. The van der Waals surface area contributed by atoms with Gasteiger partial charge in [-0.3, -0.25) is 14.6 Å². The molecule has 27 heavy (non-hydrogen) atoms. The van der Waals surface area contributed by atoms with E-state index in [9.17, 15) is 9.59 Å². The second-order valence-electron chi connectivity index (χ2n) is 6.16. The molecule has 0 radical (unpaired) electrons. The van der Waals surface area contributed by atoms with E-state index in [-0.39, 0.29) is 24.7 Å². The molecule has 136 valence electrons. The van der Waals surface area contributed by atoms with E-state index in [1.54, 1.807) is 31.5 Å². The molecule has 0 atom stereocenters. The van der Waals surface area contributed by atoms with Crippen molar-refractivity contribution >= 4 is 34.0 Å². The molecule has 0 bridgehead atoms. The SMILES string of the molecule is C/C(CC(=O)Nc1cccnc1)=N\NC(=O)Cc1cccc2ccccc12. The second kappa shape index (κ2) is 8.71. The summed E-state index contributed by atoms with van der Waals surface area (Å²) in [6.07, 6.45) is 3.51. The van der Waals surface area contributed by atoms with E-state index in [2.05, 4.69) is 20.8 Å². The molecule has 3 rings (SSSR count). The van der Waals surface area contributed by atoms with Crippen molar-refractivity contribution in [3.05, 3.63) is 72.6 Å². The fourth-order valence-electron chi connectivity index (χ4n) is 2.73. The van der Waals surface area contributed by atoms with Gasteiger partial charge >= 0.3 is 0 Å². The zero-order valence-corrected chi connectivity index (χ0v) is 15.0. The highest BCUT2D eigenvalue weighted by atomic mass is 16.2. The third-order valence-corrected chi connectivity index (χ3v) is 3.96. The van der Waals surface area contributed by atoms with Crippen molar-refractivity contribution in [1.29, 1.82) is 0 Å².